The maximum atomic E-state index is 6.03. The predicted molar refractivity (Wildman–Crippen MR) is 97.7 cm³/mol. The van der Waals surface area contributed by atoms with Crippen LogP contribution in [0.15, 0.2) is 36.4 Å². The molecule has 0 saturated carbocycles. The number of anilines is 2. The van der Waals surface area contributed by atoms with Gasteiger partial charge in [0.1, 0.15) is 22.5 Å². The first-order chi connectivity index (χ1) is 12.0. The molecule has 0 amide bonds. The van der Waals surface area contributed by atoms with E-state index < -0.39 is 0 Å². The number of ether oxygens (including phenoxy) is 1. The van der Waals surface area contributed by atoms with Gasteiger partial charge in [-0.05, 0) is 32.0 Å². The summed E-state index contributed by atoms with van der Waals surface area (Å²) >= 11 is 6.03. The highest BCUT2D eigenvalue weighted by molar-refractivity contribution is 6.29. The molecule has 0 bridgehead atoms. The quantitative estimate of drug-likeness (QED) is 0.672. The van der Waals surface area contributed by atoms with Crippen molar-refractivity contribution in [1.82, 2.24) is 19.9 Å². The van der Waals surface area contributed by atoms with Gasteiger partial charge in [-0.25, -0.2) is 19.9 Å². The number of benzene rings is 1. The summed E-state index contributed by atoms with van der Waals surface area (Å²) in [6, 6.07) is 11.4. The fourth-order valence-electron chi connectivity index (χ4n) is 2.32. The summed E-state index contributed by atoms with van der Waals surface area (Å²) in [6.07, 6.45) is 0.711. The minimum Gasteiger partial charge on any atom is -0.424 e. The molecule has 7 heteroatoms. The van der Waals surface area contributed by atoms with Gasteiger partial charge in [-0.3, -0.25) is 0 Å². The lowest BCUT2D eigenvalue weighted by molar-refractivity contribution is 0.439. The van der Waals surface area contributed by atoms with Gasteiger partial charge in [0.2, 0.25) is 0 Å². The SMILES string of the molecule is CCc1nc(Cl)cc(Nc2cccc(Oc3nc(C)cc(C)n3)c2)n1. The molecule has 0 fully saturated rings. The molecule has 0 atom stereocenters. The van der Waals surface area contributed by atoms with E-state index in [0.29, 0.717) is 35.0 Å². The van der Waals surface area contributed by atoms with Gasteiger partial charge in [-0.2, -0.15) is 0 Å². The van der Waals surface area contributed by atoms with E-state index in [4.69, 9.17) is 16.3 Å². The predicted octanol–water partition coefficient (Wildman–Crippen LogP) is 4.64. The van der Waals surface area contributed by atoms with Crippen LogP contribution in [0.4, 0.5) is 11.5 Å². The Bertz CT molecular complexity index is 880. The van der Waals surface area contributed by atoms with Gasteiger partial charge in [0.25, 0.3) is 0 Å². The fourth-order valence-corrected chi connectivity index (χ4v) is 2.52. The molecule has 1 N–H and O–H groups in total. The number of nitrogens with one attached hydrogen (secondary N) is 1. The lowest BCUT2D eigenvalue weighted by atomic mass is 10.3. The minimum atomic E-state index is 0.327. The minimum absolute atomic E-state index is 0.327. The molecule has 0 spiro atoms. The number of hydrogen-bond donors (Lipinski definition) is 1. The number of halogens is 1. The largest absolute Gasteiger partial charge is 0.424 e. The van der Waals surface area contributed by atoms with E-state index in [1.165, 1.54) is 0 Å². The zero-order chi connectivity index (χ0) is 17.8. The molecule has 128 valence electrons. The maximum Gasteiger partial charge on any atom is 0.322 e. The molecule has 2 aromatic heterocycles. The van der Waals surface area contributed by atoms with Crippen LogP contribution in [-0.2, 0) is 6.42 Å². The summed E-state index contributed by atoms with van der Waals surface area (Å²) in [5, 5.41) is 3.62. The Kier molecular flexibility index (Phi) is 5.09. The molecule has 2 heterocycles. The Hall–Kier alpha value is -2.73. The van der Waals surface area contributed by atoms with E-state index in [9.17, 15) is 0 Å². The summed E-state index contributed by atoms with van der Waals surface area (Å²) in [7, 11) is 0. The van der Waals surface area contributed by atoms with Crippen LogP contribution in [0, 0.1) is 13.8 Å². The molecule has 1 aromatic carbocycles. The van der Waals surface area contributed by atoms with E-state index in [1.807, 2.05) is 51.1 Å². The summed E-state index contributed by atoms with van der Waals surface area (Å²) < 4.78 is 5.77. The summed E-state index contributed by atoms with van der Waals surface area (Å²) in [5.74, 6) is 1.95. The lowest BCUT2D eigenvalue weighted by Crippen LogP contribution is -2.00. The van der Waals surface area contributed by atoms with Crippen LogP contribution in [0.5, 0.6) is 11.8 Å². The summed E-state index contributed by atoms with van der Waals surface area (Å²) in [4.78, 5) is 17.1. The van der Waals surface area contributed by atoms with Crippen LogP contribution in [-0.4, -0.2) is 19.9 Å². The fraction of sp³-hybridized carbons (Fsp3) is 0.222. The van der Waals surface area contributed by atoms with Crippen LogP contribution in [0.1, 0.15) is 24.1 Å². The van der Waals surface area contributed by atoms with Gasteiger partial charge in [0.15, 0.2) is 0 Å². The second kappa shape index (κ2) is 7.44. The van der Waals surface area contributed by atoms with Crippen LogP contribution < -0.4 is 10.1 Å². The normalized spacial score (nSPS) is 10.6. The number of aromatic nitrogens is 4. The summed E-state index contributed by atoms with van der Waals surface area (Å²) in [6.45, 7) is 5.79. The van der Waals surface area contributed by atoms with Gasteiger partial charge in [-0.15, -0.1) is 0 Å². The number of nitrogens with zero attached hydrogens (tertiary/aromatic N) is 4. The van der Waals surface area contributed by atoms with E-state index in [2.05, 4.69) is 25.3 Å². The lowest BCUT2D eigenvalue weighted by Gasteiger charge is -2.10. The molecule has 3 aromatic rings. The van der Waals surface area contributed by atoms with Crippen molar-refractivity contribution < 1.29 is 4.74 Å². The third-order valence-electron chi connectivity index (χ3n) is 3.33. The van der Waals surface area contributed by atoms with Gasteiger partial charge in [0, 0.05) is 35.6 Å². The standard InChI is InChI=1S/C18H18ClN5O/c1-4-16-23-15(19)10-17(24-16)22-13-6-5-7-14(9-13)25-18-20-11(2)8-12(3)21-18/h5-10H,4H2,1-3H3,(H,22,23,24). The second-order valence-corrected chi connectivity index (χ2v) is 5.92. The first-order valence-electron chi connectivity index (χ1n) is 7.92. The molecule has 0 radical (unpaired) electrons. The third kappa shape index (κ3) is 4.64. The van der Waals surface area contributed by atoms with E-state index >= 15 is 0 Å². The molecule has 6 nitrogen and oxygen atoms in total. The van der Waals surface area contributed by atoms with Crippen molar-refractivity contribution in [2.75, 3.05) is 5.32 Å². The van der Waals surface area contributed by atoms with Gasteiger partial charge in [-0.1, -0.05) is 24.6 Å². The smallest absolute Gasteiger partial charge is 0.322 e. The Morgan fingerprint density at radius 3 is 2.48 bits per heavy atom. The molecule has 0 aliphatic carbocycles. The van der Waals surface area contributed by atoms with Crippen molar-refractivity contribution in [3.63, 3.8) is 0 Å². The molecular weight excluding hydrogens is 338 g/mol. The van der Waals surface area contributed by atoms with Crippen LogP contribution in [0.25, 0.3) is 0 Å². The Balaban J connectivity index is 1.80. The molecule has 0 aliphatic rings. The number of hydrogen-bond acceptors (Lipinski definition) is 6. The number of aryl methyl sites for hydroxylation is 3. The van der Waals surface area contributed by atoms with Gasteiger partial charge >= 0.3 is 6.01 Å². The average Bonchev–Trinajstić information content (AvgIpc) is 2.53. The zero-order valence-electron chi connectivity index (χ0n) is 14.2. The molecule has 0 unspecified atom stereocenters. The molecule has 0 aliphatic heterocycles. The van der Waals surface area contributed by atoms with E-state index in [0.717, 1.165) is 17.1 Å². The van der Waals surface area contributed by atoms with Crippen molar-refractivity contribution in [3.05, 3.63) is 58.8 Å². The average molecular weight is 356 g/mol. The molecular formula is C18H18ClN5O. The van der Waals surface area contributed by atoms with Crippen molar-refractivity contribution in [1.29, 1.82) is 0 Å². The van der Waals surface area contributed by atoms with Gasteiger partial charge in [0.05, 0.1) is 0 Å². The molecule has 0 saturated heterocycles. The topological polar surface area (TPSA) is 72.8 Å². The highest BCUT2D eigenvalue weighted by Gasteiger charge is 2.06. The molecule has 25 heavy (non-hydrogen) atoms. The maximum absolute atomic E-state index is 6.03. The number of rotatable bonds is 5. The first kappa shape index (κ1) is 17.1. The monoisotopic (exact) mass is 355 g/mol. The third-order valence-corrected chi connectivity index (χ3v) is 3.53. The highest BCUT2D eigenvalue weighted by Crippen LogP contribution is 2.24. The van der Waals surface area contributed by atoms with E-state index in [-0.39, 0.29) is 0 Å². The van der Waals surface area contributed by atoms with Crippen LogP contribution in [0.2, 0.25) is 5.15 Å². The van der Waals surface area contributed by atoms with Crippen molar-refractivity contribution in [2.45, 2.75) is 27.2 Å². The first-order valence-corrected chi connectivity index (χ1v) is 8.30. The van der Waals surface area contributed by atoms with Crippen LogP contribution in [0.3, 0.4) is 0 Å². The van der Waals surface area contributed by atoms with E-state index in [1.54, 1.807) is 6.07 Å². The second-order valence-electron chi connectivity index (χ2n) is 5.53. The highest BCUT2D eigenvalue weighted by atomic mass is 35.5. The zero-order valence-corrected chi connectivity index (χ0v) is 15.0. The Morgan fingerprint density at radius 1 is 1.00 bits per heavy atom. The summed E-state index contributed by atoms with van der Waals surface area (Å²) in [5.41, 5.74) is 2.54. The van der Waals surface area contributed by atoms with Crippen LogP contribution >= 0.6 is 11.6 Å². The molecule has 3 rings (SSSR count). The Morgan fingerprint density at radius 2 is 1.76 bits per heavy atom. The van der Waals surface area contributed by atoms with Gasteiger partial charge < -0.3 is 10.1 Å². The van der Waals surface area contributed by atoms with Crippen molar-refractivity contribution in [2.24, 2.45) is 0 Å². The van der Waals surface area contributed by atoms with Crippen molar-refractivity contribution >= 4 is 23.1 Å². The van der Waals surface area contributed by atoms with Crippen molar-refractivity contribution in [3.8, 4) is 11.8 Å². The Labute approximate surface area is 151 Å².